The molecule has 0 spiro atoms. The number of nitriles is 1. The minimum absolute atomic E-state index is 0.113. The van der Waals surface area contributed by atoms with Crippen molar-refractivity contribution in [1.82, 2.24) is 0 Å². The molecule has 0 aliphatic heterocycles. The fourth-order valence-electron chi connectivity index (χ4n) is 2.18. The van der Waals surface area contributed by atoms with Crippen LogP contribution in [-0.2, 0) is 4.79 Å². The lowest BCUT2D eigenvalue weighted by Crippen LogP contribution is -2.26. The van der Waals surface area contributed by atoms with E-state index in [0.717, 1.165) is 30.4 Å². The van der Waals surface area contributed by atoms with Crippen molar-refractivity contribution < 1.29 is 4.79 Å². The molecule has 1 saturated carbocycles. The zero-order valence-electron chi connectivity index (χ0n) is 10.4. The summed E-state index contributed by atoms with van der Waals surface area (Å²) in [5.41, 5.74) is 3.19. The molecule has 2 heteroatoms. The molecule has 0 radical (unpaired) electrons. The van der Waals surface area contributed by atoms with Gasteiger partial charge in [0.25, 0.3) is 0 Å². The van der Waals surface area contributed by atoms with E-state index in [0.29, 0.717) is 0 Å². The molecule has 0 saturated heterocycles. The fraction of sp³-hybridized carbons (Fsp3) is 0.467. The van der Waals surface area contributed by atoms with E-state index in [1.807, 2.05) is 32.0 Å². The van der Waals surface area contributed by atoms with Gasteiger partial charge in [0.05, 0.1) is 6.07 Å². The first-order chi connectivity index (χ1) is 8.13. The maximum Gasteiger partial charge on any atom is 0.157 e. The van der Waals surface area contributed by atoms with E-state index >= 15 is 0 Å². The van der Waals surface area contributed by atoms with Gasteiger partial charge in [-0.3, -0.25) is 4.79 Å². The summed E-state index contributed by atoms with van der Waals surface area (Å²) in [5, 5.41) is 9.21. The first-order valence-corrected chi connectivity index (χ1v) is 6.14. The Bertz CT molecular complexity index is 480. The third kappa shape index (κ3) is 2.24. The number of ketones is 1. The SMILES string of the molecule is Cc1ccc(C(C#N)C(=O)C2CCC2)cc1C. The van der Waals surface area contributed by atoms with Gasteiger partial charge < -0.3 is 0 Å². The van der Waals surface area contributed by atoms with E-state index in [1.165, 1.54) is 5.56 Å². The molecule has 88 valence electrons. The molecule has 0 amide bonds. The van der Waals surface area contributed by atoms with Crippen molar-refractivity contribution in [2.45, 2.75) is 39.0 Å². The average molecular weight is 227 g/mol. The summed E-state index contributed by atoms with van der Waals surface area (Å²) in [6.45, 7) is 4.05. The second-order valence-corrected chi connectivity index (χ2v) is 4.94. The van der Waals surface area contributed by atoms with Gasteiger partial charge in [-0.2, -0.15) is 5.26 Å². The minimum atomic E-state index is -0.570. The number of benzene rings is 1. The third-order valence-electron chi connectivity index (χ3n) is 3.79. The maximum absolute atomic E-state index is 12.1. The Hall–Kier alpha value is -1.62. The maximum atomic E-state index is 12.1. The van der Waals surface area contributed by atoms with Crippen LogP contribution in [0.5, 0.6) is 0 Å². The third-order valence-corrected chi connectivity index (χ3v) is 3.79. The molecule has 0 N–H and O–H groups in total. The van der Waals surface area contributed by atoms with Crippen LogP contribution in [0.1, 0.15) is 41.9 Å². The van der Waals surface area contributed by atoms with Gasteiger partial charge in [0.2, 0.25) is 0 Å². The number of nitrogens with zero attached hydrogens (tertiary/aromatic N) is 1. The zero-order valence-corrected chi connectivity index (χ0v) is 10.4. The highest BCUT2D eigenvalue weighted by Gasteiger charge is 2.32. The smallest absolute Gasteiger partial charge is 0.157 e. The van der Waals surface area contributed by atoms with Crippen molar-refractivity contribution in [2.75, 3.05) is 0 Å². The van der Waals surface area contributed by atoms with Crippen molar-refractivity contribution in [3.8, 4) is 6.07 Å². The Morgan fingerprint density at radius 1 is 1.35 bits per heavy atom. The second kappa shape index (κ2) is 4.71. The molecule has 2 rings (SSSR count). The van der Waals surface area contributed by atoms with Crippen LogP contribution in [0.3, 0.4) is 0 Å². The normalized spacial score (nSPS) is 17.0. The van der Waals surface area contributed by atoms with Crippen LogP contribution in [-0.4, -0.2) is 5.78 Å². The van der Waals surface area contributed by atoms with Crippen LogP contribution in [0.2, 0.25) is 0 Å². The second-order valence-electron chi connectivity index (χ2n) is 4.94. The molecule has 0 heterocycles. The minimum Gasteiger partial charge on any atom is -0.298 e. The van der Waals surface area contributed by atoms with Crippen LogP contribution in [0.15, 0.2) is 18.2 Å². The largest absolute Gasteiger partial charge is 0.298 e. The molecule has 1 aliphatic carbocycles. The predicted molar refractivity (Wildman–Crippen MR) is 66.6 cm³/mol. The van der Waals surface area contributed by atoms with Crippen LogP contribution >= 0.6 is 0 Å². The van der Waals surface area contributed by atoms with Gasteiger partial charge in [-0.05, 0) is 43.4 Å². The summed E-state index contributed by atoms with van der Waals surface area (Å²) >= 11 is 0. The van der Waals surface area contributed by atoms with E-state index in [-0.39, 0.29) is 11.7 Å². The van der Waals surface area contributed by atoms with Crippen LogP contribution in [0.4, 0.5) is 0 Å². The number of carbonyl (C=O) groups excluding carboxylic acids is 1. The molecular weight excluding hydrogens is 210 g/mol. The molecule has 17 heavy (non-hydrogen) atoms. The summed E-state index contributed by atoms with van der Waals surface area (Å²) in [6.07, 6.45) is 3.05. The van der Waals surface area contributed by atoms with Crippen LogP contribution < -0.4 is 0 Å². The summed E-state index contributed by atoms with van der Waals surface area (Å²) in [7, 11) is 0. The first-order valence-electron chi connectivity index (χ1n) is 6.14. The predicted octanol–water partition coefficient (Wildman–Crippen LogP) is 3.28. The number of carbonyl (C=O) groups is 1. The Morgan fingerprint density at radius 3 is 2.53 bits per heavy atom. The molecule has 1 aromatic carbocycles. The Labute approximate surface area is 102 Å². The number of hydrogen-bond acceptors (Lipinski definition) is 2. The van der Waals surface area contributed by atoms with E-state index in [9.17, 15) is 10.1 Å². The van der Waals surface area contributed by atoms with Crippen molar-refractivity contribution in [1.29, 1.82) is 5.26 Å². The number of Topliss-reactive ketones (excluding diaryl/α,β-unsaturated/α-hetero) is 1. The molecule has 1 atom stereocenters. The van der Waals surface area contributed by atoms with Gasteiger partial charge in [-0.25, -0.2) is 0 Å². The van der Waals surface area contributed by atoms with Gasteiger partial charge in [-0.1, -0.05) is 24.6 Å². The Balaban J connectivity index is 2.25. The lowest BCUT2D eigenvalue weighted by Gasteiger charge is -2.26. The van der Waals surface area contributed by atoms with E-state index in [1.54, 1.807) is 0 Å². The average Bonchev–Trinajstić information content (AvgIpc) is 2.22. The number of hydrogen-bond donors (Lipinski definition) is 0. The van der Waals surface area contributed by atoms with E-state index < -0.39 is 5.92 Å². The highest BCUT2D eigenvalue weighted by Crippen LogP contribution is 2.33. The molecule has 1 fully saturated rings. The van der Waals surface area contributed by atoms with Crippen molar-refractivity contribution >= 4 is 5.78 Å². The lowest BCUT2D eigenvalue weighted by atomic mass is 9.76. The molecule has 1 unspecified atom stereocenters. The number of aryl methyl sites for hydroxylation is 2. The molecule has 2 nitrogen and oxygen atoms in total. The quantitative estimate of drug-likeness (QED) is 0.795. The standard InChI is InChI=1S/C15H17NO/c1-10-6-7-13(8-11(10)2)14(9-16)15(17)12-4-3-5-12/h6-8,12,14H,3-5H2,1-2H3. The van der Waals surface area contributed by atoms with Crippen LogP contribution in [0.25, 0.3) is 0 Å². The topological polar surface area (TPSA) is 40.9 Å². The van der Waals surface area contributed by atoms with Gasteiger partial charge >= 0.3 is 0 Å². The lowest BCUT2D eigenvalue weighted by molar-refractivity contribution is -0.125. The highest BCUT2D eigenvalue weighted by atomic mass is 16.1. The van der Waals surface area contributed by atoms with E-state index in [2.05, 4.69) is 6.07 Å². The fourth-order valence-corrected chi connectivity index (χ4v) is 2.18. The number of rotatable bonds is 3. The molecule has 1 aliphatic rings. The monoisotopic (exact) mass is 227 g/mol. The zero-order chi connectivity index (χ0) is 12.4. The summed E-state index contributed by atoms with van der Waals surface area (Å²) < 4.78 is 0. The van der Waals surface area contributed by atoms with Gasteiger partial charge in [0.1, 0.15) is 5.92 Å². The van der Waals surface area contributed by atoms with Crippen molar-refractivity contribution in [2.24, 2.45) is 5.92 Å². The van der Waals surface area contributed by atoms with Crippen molar-refractivity contribution in [3.63, 3.8) is 0 Å². The highest BCUT2D eigenvalue weighted by molar-refractivity contribution is 5.91. The van der Waals surface area contributed by atoms with Gasteiger partial charge in [0.15, 0.2) is 5.78 Å². The molecule has 0 bridgehead atoms. The molecule has 1 aromatic rings. The Morgan fingerprint density at radius 2 is 2.06 bits per heavy atom. The molecular formula is C15H17NO. The van der Waals surface area contributed by atoms with Crippen LogP contribution in [0, 0.1) is 31.1 Å². The Kier molecular flexibility index (Phi) is 3.28. The summed E-state index contributed by atoms with van der Waals surface area (Å²) in [5.74, 6) is -0.331. The first kappa shape index (κ1) is 11.9. The van der Waals surface area contributed by atoms with E-state index in [4.69, 9.17) is 0 Å². The summed E-state index contributed by atoms with van der Waals surface area (Å²) in [4.78, 5) is 12.1. The molecule has 0 aromatic heterocycles. The summed E-state index contributed by atoms with van der Waals surface area (Å²) in [6, 6.07) is 8.04. The van der Waals surface area contributed by atoms with Gasteiger partial charge in [-0.15, -0.1) is 0 Å². The van der Waals surface area contributed by atoms with Gasteiger partial charge in [0, 0.05) is 5.92 Å². The van der Waals surface area contributed by atoms with Crippen molar-refractivity contribution in [3.05, 3.63) is 34.9 Å².